The van der Waals surface area contributed by atoms with Crippen molar-refractivity contribution in [3.05, 3.63) is 42.1 Å². The van der Waals surface area contributed by atoms with Gasteiger partial charge in [-0.05, 0) is 37.1 Å². The fourth-order valence-electron chi connectivity index (χ4n) is 2.75. The zero-order valence-corrected chi connectivity index (χ0v) is 10.3. The van der Waals surface area contributed by atoms with Crippen LogP contribution in [-0.4, -0.2) is 22.7 Å². The Balaban J connectivity index is 1.97. The molecule has 1 aromatic carbocycles. The molecule has 3 rings (SSSR count). The van der Waals surface area contributed by atoms with Crippen molar-refractivity contribution in [2.24, 2.45) is 0 Å². The first-order valence-electron chi connectivity index (χ1n) is 6.61. The van der Waals surface area contributed by atoms with E-state index in [4.69, 9.17) is 0 Å². The van der Waals surface area contributed by atoms with E-state index in [9.17, 15) is 5.11 Å². The number of rotatable bonds is 2. The fourth-order valence-corrected chi connectivity index (χ4v) is 2.75. The van der Waals surface area contributed by atoms with E-state index < -0.39 is 6.10 Å². The van der Waals surface area contributed by atoms with E-state index in [-0.39, 0.29) is 6.04 Å². The van der Waals surface area contributed by atoms with Crippen LogP contribution in [0.15, 0.2) is 36.5 Å². The maximum atomic E-state index is 10.6. The third-order valence-corrected chi connectivity index (χ3v) is 3.73. The number of aliphatic hydroxyl groups is 1. The van der Waals surface area contributed by atoms with Crippen molar-refractivity contribution in [2.75, 3.05) is 6.54 Å². The van der Waals surface area contributed by atoms with E-state index in [1.807, 2.05) is 30.3 Å². The molecule has 0 unspecified atom stereocenters. The summed E-state index contributed by atoms with van der Waals surface area (Å²) < 4.78 is 0. The second-order valence-electron chi connectivity index (χ2n) is 4.92. The van der Waals surface area contributed by atoms with Gasteiger partial charge in [0.15, 0.2) is 0 Å². The Kier molecular flexibility index (Phi) is 3.26. The lowest BCUT2D eigenvalue weighted by Gasteiger charge is -2.28. The van der Waals surface area contributed by atoms with Crippen LogP contribution in [0.2, 0.25) is 0 Å². The average molecular weight is 242 g/mol. The summed E-state index contributed by atoms with van der Waals surface area (Å²) in [5, 5.41) is 15.0. The second kappa shape index (κ2) is 5.04. The van der Waals surface area contributed by atoms with Crippen molar-refractivity contribution in [2.45, 2.75) is 31.4 Å². The Bertz CT molecular complexity index is 530. The molecule has 18 heavy (non-hydrogen) atoms. The molecule has 3 nitrogen and oxygen atoms in total. The van der Waals surface area contributed by atoms with Crippen LogP contribution in [0.1, 0.15) is 30.9 Å². The van der Waals surface area contributed by atoms with Gasteiger partial charge >= 0.3 is 0 Å². The summed E-state index contributed by atoms with van der Waals surface area (Å²) in [5.74, 6) is 0. The highest BCUT2D eigenvalue weighted by Crippen LogP contribution is 2.28. The smallest absolute Gasteiger partial charge is 0.0949 e. The molecular weight excluding hydrogens is 224 g/mol. The maximum Gasteiger partial charge on any atom is 0.0949 e. The first-order valence-corrected chi connectivity index (χ1v) is 6.61. The SMILES string of the molecule is O[C@H](c1cccc2ncccc12)[C@H]1CCCCN1. The number of nitrogens with zero attached hydrogens (tertiary/aromatic N) is 1. The van der Waals surface area contributed by atoms with Crippen LogP contribution in [0.3, 0.4) is 0 Å². The average Bonchev–Trinajstić information content (AvgIpc) is 2.47. The van der Waals surface area contributed by atoms with Crippen LogP contribution in [-0.2, 0) is 0 Å². The minimum absolute atomic E-state index is 0.171. The number of benzene rings is 1. The lowest BCUT2D eigenvalue weighted by molar-refractivity contribution is 0.115. The molecule has 1 aliphatic rings. The first kappa shape index (κ1) is 11.6. The second-order valence-corrected chi connectivity index (χ2v) is 4.92. The van der Waals surface area contributed by atoms with Crippen LogP contribution in [0.4, 0.5) is 0 Å². The quantitative estimate of drug-likeness (QED) is 0.850. The number of nitrogens with one attached hydrogen (secondary N) is 1. The molecule has 0 aliphatic carbocycles. The summed E-state index contributed by atoms with van der Waals surface area (Å²) in [5.41, 5.74) is 1.94. The Hall–Kier alpha value is -1.45. The molecular formula is C15H18N2O. The molecule has 0 saturated carbocycles. The minimum atomic E-state index is -0.446. The summed E-state index contributed by atoms with van der Waals surface area (Å²) in [7, 11) is 0. The molecule has 2 heterocycles. The van der Waals surface area contributed by atoms with E-state index in [2.05, 4.69) is 10.3 Å². The van der Waals surface area contributed by atoms with Gasteiger partial charge in [-0.15, -0.1) is 0 Å². The highest BCUT2D eigenvalue weighted by Gasteiger charge is 2.23. The molecule has 1 aromatic heterocycles. The van der Waals surface area contributed by atoms with E-state index in [0.717, 1.165) is 29.4 Å². The van der Waals surface area contributed by atoms with Crippen molar-refractivity contribution in [1.82, 2.24) is 10.3 Å². The number of fused-ring (bicyclic) bond motifs is 1. The lowest BCUT2D eigenvalue weighted by Crippen LogP contribution is -2.38. The third kappa shape index (κ3) is 2.11. The number of aliphatic hydroxyl groups excluding tert-OH is 1. The number of aromatic nitrogens is 1. The molecule has 1 fully saturated rings. The molecule has 2 aromatic rings. The zero-order valence-electron chi connectivity index (χ0n) is 10.3. The Labute approximate surface area is 107 Å². The molecule has 2 N–H and O–H groups in total. The van der Waals surface area contributed by atoms with Crippen LogP contribution >= 0.6 is 0 Å². The summed E-state index contributed by atoms with van der Waals surface area (Å²) >= 11 is 0. The van der Waals surface area contributed by atoms with Crippen molar-refractivity contribution < 1.29 is 5.11 Å². The summed E-state index contributed by atoms with van der Waals surface area (Å²) in [4.78, 5) is 4.34. The standard InChI is InChI=1S/C15H18N2O/c18-15(14-7-1-2-9-17-14)12-5-3-8-13-11(12)6-4-10-16-13/h3-6,8,10,14-15,17-18H,1-2,7,9H2/t14-,15-/m1/s1. The van der Waals surface area contributed by atoms with Crippen LogP contribution in [0.25, 0.3) is 10.9 Å². The number of hydrogen-bond acceptors (Lipinski definition) is 3. The summed E-state index contributed by atoms with van der Waals surface area (Å²) in [6.07, 6.45) is 4.78. The highest BCUT2D eigenvalue weighted by molar-refractivity contribution is 5.82. The van der Waals surface area contributed by atoms with Gasteiger partial charge in [0, 0.05) is 17.6 Å². The molecule has 1 aliphatic heterocycles. The van der Waals surface area contributed by atoms with Gasteiger partial charge in [0.2, 0.25) is 0 Å². The summed E-state index contributed by atoms with van der Waals surface area (Å²) in [6.45, 7) is 1.00. The molecule has 94 valence electrons. The largest absolute Gasteiger partial charge is 0.387 e. The molecule has 0 amide bonds. The molecule has 1 saturated heterocycles. The number of pyridine rings is 1. The topological polar surface area (TPSA) is 45.2 Å². The monoisotopic (exact) mass is 242 g/mol. The molecule has 0 radical (unpaired) electrons. The third-order valence-electron chi connectivity index (χ3n) is 3.73. The van der Waals surface area contributed by atoms with Gasteiger partial charge in [-0.3, -0.25) is 4.98 Å². The predicted molar refractivity (Wildman–Crippen MR) is 72.3 cm³/mol. The van der Waals surface area contributed by atoms with Gasteiger partial charge in [0.1, 0.15) is 0 Å². The molecule has 2 atom stereocenters. The number of hydrogen-bond donors (Lipinski definition) is 2. The van der Waals surface area contributed by atoms with E-state index in [1.54, 1.807) is 6.20 Å². The predicted octanol–water partition coefficient (Wildman–Crippen LogP) is 2.41. The van der Waals surface area contributed by atoms with Gasteiger partial charge in [-0.1, -0.05) is 24.6 Å². The first-order chi connectivity index (χ1) is 8.86. The van der Waals surface area contributed by atoms with Crippen molar-refractivity contribution >= 4 is 10.9 Å². The molecule has 0 bridgehead atoms. The van der Waals surface area contributed by atoms with Gasteiger partial charge < -0.3 is 10.4 Å². The molecule has 3 heteroatoms. The van der Waals surface area contributed by atoms with E-state index in [1.165, 1.54) is 12.8 Å². The Morgan fingerprint density at radius 3 is 3.00 bits per heavy atom. The van der Waals surface area contributed by atoms with Crippen LogP contribution < -0.4 is 5.32 Å². The van der Waals surface area contributed by atoms with Crippen LogP contribution in [0.5, 0.6) is 0 Å². The molecule has 0 spiro atoms. The lowest BCUT2D eigenvalue weighted by atomic mass is 9.93. The maximum absolute atomic E-state index is 10.6. The van der Waals surface area contributed by atoms with Crippen molar-refractivity contribution in [3.8, 4) is 0 Å². The van der Waals surface area contributed by atoms with Gasteiger partial charge in [-0.25, -0.2) is 0 Å². The van der Waals surface area contributed by atoms with Gasteiger partial charge in [0.05, 0.1) is 11.6 Å². The Morgan fingerprint density at radius 2 is 2.17 bits per heavy atom. The zero-order chi connectivity index (χ0) is 12.4. The van der Waals surface area contributed by atoms with Crippen LogP contribution in [0, 0.1) is 0 Å². The van der Waals surface area contributed by atoms with Crippen molar-refractivity contribution in [3.63, 3.8) is 0 Å². The highest BCUT2D eigenvalue weighted by atomic mass is 16.3. The van der Waals surface area contributed by atoms with E-state index >= 15 is 0 Å². The Morgan fingerprint density at radius 1 is 1.22 bits per heavy atom. The van der Waals surface area contributed by atoms with Gasteiger partial charge in [0.25, 0.3) is 0 Å². The van der Waals surface area contributed by atoms with E-state index in [0.29, 0.717) is 0 Å². The summed E-state index contributed by atoms with van der Waals surface area (Å²) in [6, 6.07) is 10.1. The minimum Gasteiger partial charge on any atom is -0.387 e. The normalized spacial score (nSPS) is 21.9. The fraction of sp³-hybridized carbons (Fsp3) is 0.400. The van der Waals surface area contributed by atoms with Gasteiger partial charge in [-0.2, -0.15) is 0 Å². The van der Waals surface area contributed by atoms with Crippen molar-refractivity contribution in [1.29, 1.82) is 0 Å². The number of piperidine rings is 1.